The van der Waals surface area contributed by atoms with Gasteiger partial charge in [-0.15, -0.1) is 0 Å². The van der Waals surface area contributed by atoms with Gasteiger partial charge in [0.15, 0.2) is 5.11 Å². The topological polar surface area (TPSA) is 36.3 Å². The van der Waals surface area contributed by atoms with Crippen LogP contribution >= 0.6 is 12.2 Å². The Balaban J connectivity index is 1.66. The summed E-state index contributed by atoms with van der Waals surface area (Å²) in [5.74, 6) is 0. The maximum Gasteiger partial charge on any atom is 0.170 e. The molecule has 5 nitrogen and oxygen atoms in total. The third-order valence-electron chi connectivity index (χ3n) is 5.31. The summed E-state index contributed by atoms with van der Waals surface area (Å²) >= 11 is 5.74. The van der Waals surface area contributed by atoms with E-state index in [-0.39, 0.29) is 12.1 Å². The SMILES string of the molecule is CN(C)CCCN1C(=S)N[C@H](c2ccccn2)[C@@H]1c1ccn(-c2ccccc2)c1. The van der Waals surface area contributed by atoms with Gasteiger partial charge in [0.1, 0.15) is 0 Å². The molecule has 150 valence electrons. The second-order valence-electron chi connectivity index (χ2n) is 7.66. The first-order valence-corrected chi connectivity index (χ1v) is 10.4. The molecule has 0 unspecified atom stereocenters. The summed E-state index contributed by atoms with van der Waals surface area (Å²) in [6.07, 6.45) is 7.24. The quantitative estimate of drug-likeness (QED) is 0.605. The normalized spacial score (nSPS) is 19.0. The van der Waals surface area contributed by atoms with Crippen molar-refractivity contribution in [2.24, 2.45) is 0 Å². The summed E-state index contributed by atoms with van der Waals surface area (Å²) in [4.78, 5) is 9.15. The number of pyridine rings is 1. The number of nitrogens with one attached hydrogen (secondary N) is 1. The average Bonchev–Trinajstić information content (AvgIpc) is 3.34. The molecular formula is C23H27N5S. The molecule has 1 aliphatic rings. The molecule has 2 atom stereocenters. The van der Waals surface area contributed by atoms with Crippen LogP contribution in [-0.4, -0.2) is 51.6 Å². The Morgan fingerprint density at radius 2 is 1.86 bits per heavy atom. The van der Waals surface area contributed by atoms with E-state index in [1.54, 1.807) is 0 Å². The van der Waals surface area contributed by atoms with Gasteiger partial charge < -0.3 is 19.7 Å². The molecule has 0 radical (unpaired) electrons. The van der Waals surface area contributed by atoms with Crippen LogP contribution < -0.4 is 5.32 Å². The molecule has 1 fully saturated rings. The van der Waals surface area contributed by atoms with Gasteiger partial charge in [-0.1, -0.05) is 24.3 Å². The highest BCUT2D eigenvalue weighted by Gasteiger charge is 2.39. The summed E-state index contributed by atoms with van der Waals surface area (Å²) in [6, 6.07) is 18.8. The fourth-order valence-corrected chi connectivity index (χ4v) is 4.25. The van der Waals surface area contributed by atoms with Crippen molar-refractivity contribution in [1.82, 2.24) is 24.7 Å². The van der Waals surface area contributed by atoms with E-state index in [0.717, 1.165) is 36.0 Å². The fraction of sp³-hybridized carbons (Fsp3) is 0.304. The molecule has 2 aromatic heterocycles. The van der Waals surface area contributed by atoms with E-state index in [1.807, 2.05) is 24.4 Å². The third-order valence-corrected chi connectivity index (χ3v) is 5.67. The Hall–Kier alpha value is -2.70. The van der Waals surface area contributed by atoms with Crippen molar-refractivity contribution in [3.8, 4) is 5.69 Å². The molecule has 1 aromatic carbocycles. The van der Waals surface area contributed by atoms with Crippen molar-refractivity contribution in [2.75, 3.05) is 27.2 Å². The van der Waals surface area contributed by atoms with Crippen LogP contribution in [-0.2, 0) is 0 Å². The standard InChI is InChI=1S/C23H27N5S/c1-26(2)14-8-15-28-22(21(25-23(28)29)20-11-6-7-13-24-20)18-12-16-27(17-18)19-9-4-3-5-10-19/h3-7,9-13,16-17,21-22H,8,14-15H2,1-2H3,(H,25,29)/t21-,22+/m1/s1. The van der Waals surface area contributed by atoms with E-state index < -0.39 is 0 Å². The first-order valence-electron chi connectivity index (χ1n) is 9.99. The van der Waals surface area contributed by atoms with Crippen molar-refractivity contribution in [1.29, 1.82) is 0 Å². The molecule has 1 N–H and O–H groups in total. The van der Waals surface area contributed by atoms with Crippen LogP contribution in [0.4, 0.5) is 0 Å². The number of hydrogen-bond donors (Lipinski definition) is 1. The first kappa shape index (κ1) is 19.6. The summed E-state index contributed by atoms with van der Waals surface area (Å²) in [6.45, 7) is 1.94. The van der Waals surface area contributed by atoms with Gasteiger partial charge in [-0.05, 0) is 75.2 Å². The summed E-state index contributed by atoms with van der Waals surface area (Å²) in [5, 5.41) is 4.33. The zero-order valence-corrected chi connectivity index (χ0v) is 17.7. The minimum Gasteiger partial charge on any atom is -0.352 e. The third kappa shape index (κ3) is 4.33. The number of para-hydroxylation sites is 1. The first-order chi connectivity index (χ1) is 14.1. The van der Waals surface area contributed by atoms with Gasteiger partial charge in [-0.25, -0.2) is 0 Å². The minimum absolute atomic E-state index is 0.0367. The highest BCUT2D eigenvalue weighted by atomic mass is 32.1. The lowest BCUT2D eigenvalue weighted by Crippen LogP contribution is -2.32. The van der Waals surface area contributed by atoms with Crippen LogP contribution in [0.3, 0.4) is 0 Å². The lowest BCUT2D eigenvalue weighted by molar-refractivity contribution is 0.293. The highest BCUT2D eigenvalue weighted by Crippen LogP contribution is 2.38. The van der Waals surface area contributed by atoms with Crippen LogP contribution in [0.1, 0.15) is 29.8 Å². The molecule has 29 heavy (non-hydrogen) atoms. The molecule has 0 saturated carbocycles. The zero-order chi connectivity index (χ0) is 20.2. The van der Waals surface area contributed by atoms with Crippen molar-refractivity contribution in [3.63, 3.8) is 0 Å². The van der Waals surface area contributed by atoms with Crippen LogP contribution in [0.25, 0.3) is 5.69 Å². The largest absolute Gasteiger partial charge is 0.352 e. The minimum atomic E-state index is 0.0367. The van der Waals surface area contributed by atoms with Crippen LogP contribution in [0.5, 0.6) is 0 Å². The van der Waals surface area contributed by atoms with Gasteiger partial charge in [0, 0.05) is 30.8 Å². The monoisotopic (exact) mass is 405 g/mol. The molecule has 3 aromatic rings. The Labute approximate surface area is 178 Å². The van der Waals surface area contributed by atoms with E-state index in [1.165, 1.54) is 5.56 Å². The van der Waals surface area contributed by atoms with Gasteiger partial charge in [0.05, 0.1) is 17.8 Å². The number of benzene rings is 1. The van der Waals surface area contributed by atoms with Crippen molar-refractivity contribution in [3.05, 3.63) is 84.4 Å². The van der Waals surface area contributed by atoms with E-state index in [9.17, 15) is 0 Å². The fourth-order valence-electron chi connectivity index (χ4n) is 3.92. The number of hydrogen-bond acceptors (Lipinski definition) is 3. The second kappa shape index (κ2) is 8.76. The highest BCUT2D eigenvalue weighted by molar-refractivity contribution is 7.80. The van der Waals surface area contributed by atoms with E-state index >= 15 is 0 Å². The lowest BCUT2D eigenvalue weighted by atomic mass is 9.99. The maximum absolute atomic E-state index is 5.74. The summed E-state index contributed by atoms with van der Waals surface area (Å²) in [7, 11) is 4.21. The number of aromatic nitrogens is 2. The summed E-state index contributed by atoms with van der Waals surface area (Å²) < 4.78 is 2.17. The Bertz CT molecular complexity index is 938. The number of thiocarbonyl (C=S) groups is 1. The number of rotatable bonds is 7. The maximum atomic E-state index is 5.74. The van der Waals surface area contributed by atoms with Gasteiger partial charge in [-0.3, -0.25) is 4.98 Å². The summed E-state index contributed by atoms with van der Waals surface area (Å²) in [5.41, 5.74) is 3.41. The smallest absolute Gasteiger partial charge is 0.170 e. The zero-order valence-electron chi connectivity index (χ0n) is 16.9. The van der Waals surface area contributed by atoms with Gasteiger partial charge in [0.25, 0.3) is 0 Å². The number of nitrogens with zero attached hydrogens (tertiary/aromatic N) is 4. The van der Waals surface area contributed by atoms with Crippen LogP contribution in [0, 0.1) is 0 Å². The Kier molecular flexibility index (Phi) is 5.92. The molecular weight excluding hydrogens is 378 g/mol. The van der Waals surface area contributed by atoms with Gasteiger partial charge in [0.2, 0.25) is 0 Å². The molecule has 1 saturated heterocycles. The van der Waals surface area contributed by atoms with Crippen LogP contribution in [0.2, 0.25) is 0 Å². The predicted molar refractivity (Wildman–Crippen MR) is 121 cm³/mol. The van der Waals surface area contributed by atoms with Crippen molar-refractivity contribution in [2.45, 2.75) is 18.5 Å². The Morgan fingerprint density at radius 1 is 1.07 bits per heavy atom. The Morgan fingerprint density at radius 3 is 2.59 bits per heavy atom. The molecule has 4 rings (SSSR count). The average molecular weight is 406 g/mol. The van der Waals surface area contributed by atoms with E-state index in [4.69, 9.17) is 12.2 Å². The van der Waals surface area contributed by atoms with Gasteiger partial charge >= 0.3 is 0 Å². The molecule has 0 bridgehead atoms. The van der Waals surface area contributed by atoms with Crippen LogP contribution in [0.15, 0.2) is 73.2 Å². The molecule has 3 heterocycles. The van der Waals surface area contributed by atoms with Crippen molar-refractivity contribution >= 4 is 17.3 Å². The lowest BCUT2D eigenvalue weighted by Gasteiger charge is -2.27. The molecule has 1 aliphatic heterocycles. The molecule has 0 spiro atoms. The van der Waals surface area contributed by atoms with E-state index in [0.29, 0.717) is 0 Å². The second-order valence-corrected chi connectivity index (χ2v) is 8.05. The molecule has 6 heteroatoms. The molecule has 0 amide bonds. The predicted octanol–water partition coefficient (Wildman–Crippen LogP) is 3.80. The molecule has 0 aliphatic carbocycles. The van der Waals surface area contributed by atoms with Crippen molar-refractivity contribution < 1.29 is 0 Å². The van der Waals surface area contributed by atoms with E-state index in [2.05, 4.69) is 87.6 Å². The van der Waals surface area contributed by atoms with Gasteiger partial charge in [-0.2, -0.15) is 0 Å².